The van der Waals surface area contributed by atoms with Crippen molar-refractivity contribution >= 4 is 0 Å². The first-order valence-corrected chi connectivity index (χ1v) is 6.03. The summed E-state index contributed by atoms with van der Waals surface area (Å²) < 4.78 is 5.08. The highest BCUT2D eigenvalue weighted by Crippen LogP contribution is 2.26. The van der Waals surface area contributed by atoms with E-state index in [0.717, 1.165) is 18.2 Å². The summed E-state index contributed by atoms with van der Waals surface area (Å²) in [5.41, 5.74) is 0. The van der Waals surface area contributed by atoms with Gasteiger partial charge < -0.3 is 9.84 Å². The van der Waals surface area contributed by atoms with E-state index in [9.17, 15) is 0 Å². The maximum atomic E-state index is 5.08. The summed E-state index contributed by atoms with van der Waals surface area (Å²) in [6.07, 6.45) is 8.45. The van der Waals surface area contributed by atoms with Crippen molar-refractivity contribution in [2.24, 2.45) is 5.92 Å². The molecule has 2 unspecified atom stereocenters. The van der Waals surface area contributed by atoms with Gasteiger partial charge in [-0.15, -0.1) is 0 Å². The van der Waals surface area contributed by atoms with E-state index in [1.807, 2.05) is 6.07 Å². The third kappa shape index (κ3) is 2.81. The van der Waals surface area contributed by atoms with Gasteiger partial charge in [-0.2, -0.15) is 0 Å². The molecule has 0 aromatic carbocycles. The van der Waals surface area contributed by atoms with Gasteiger partial charge in [-0.05, 0) is 18.8 Å². The van der Waals surface area contributed by atoms with Crippen molar-refractivity contribution < 1.29 is 4.52 Å². The first kappa shape index (κ1) is 10.7. The number of aromatic nitrogens is 1. The summed E-state index contributed by atoms with van der Waals surface area (Å²) in [5.74, 6) is 1.79. The largest absolute Gasteiger partial charge is 0.360 e. The lowest BCUT2D eigenvalue weighted by Gasteiger charge is -2.31. The molecule has 0 amide bonds. The fraction of sp³-hybridized carbons (Fsp3) is 0.750. The molecule has 3 heteroatoms. The van der Waals surface area contributed by atoms with Gasteiger partial charge in [0.1, 0.15) is 5.76 Å². The van der Waals surface area contributed by atoms with E-state index in [1.165, 1.54) is 32.1 Å². The van der Waals surface area contributed by atoms with Gasteiger partial charge in [0.05, 0.1) is 12.7 Å². The van der Waals surface area contributed by atoms with Crippen LogP contribution < -0.4 is 5.32 Å². The smallest absolute Gasteiger partial charge is 0.150 e. The molecule has 1 aliphatic carbocycles. The quantitative estimate of drug-likeness (QED) is 0.826. The maximum Gasteiger partial charge on any atom is 0.150 e. The van der Waals surface area contributed by atoms with Gasteiger partial charge in [0.2, 0.25) is 0 Å². The van der Waals surface area contributed by atoms with Gasteiger partial charge in [-0.25, -0.2) is 0 Å². The van der Waals surface area contributed by atoms with Crippen LogP contribution in [-0.2, 0) is 6.54 Å². The van der Waals surface area contributed by atoms with Crippen LogP contribution in [-0.4, -0.2) is 11.2 Å². The third-order valence-corrected chi connectivity index (χ3v) is 3.46. The summed E-state index contributed by atoms with van der Waals surface area (Å²) in [6, 6.07) is 2.60. The van der Waals surface area contributed by atoms with Gasteiger partial charge in [0, 0.05) is 12.1 Å². The summed E-state index contributed by atoms with van der Waals surface area (Å²) in [7, 11) is 0. The molecule has 3 nitrogen and oxygen atoms in total. The molecular weight excluding hydrogens is 188 g/mol. The van der Waals surface area contributed by atoms with E-state index < -0.39 is 0 Å². The summed E-state index contributed by atoms with van der Waals surface area (Å²) in [5, 5.41) is 7.30. The van der Waals surface area contributed by atoms with Crippen molar-refractivity contribution in [2.45, 2.75) is 51.6 Å². The highest BCUT2D eigenvalue weighted by Gasteiger charge is 2.23. The Kier molecular flexibility index (Phi) is 3.78. The topological polar surface area (TPSA) is 38.1 Å². The van der Waals surface area contributed by atoms with Gasteiger partial charge in [-0.3, -0.25) is 0 Å². The van der Waals surface area contributed by atoms with E-state index in [4.69, 9.17) is 4.52 Å². The van der Waals surface area contributed by atoms with Crippen LogP contribution in [0, 0.1) is 5.92 Å². The summed E-state index contributed by atoms with van der Waals surface area (Å²) >= 11 is 0. The lowest BCUT2D eigenvalue weighted by molar-refractivity contribution is 0.245. The van der Waals surface area contributed by atoms with Crippen molar-refractivity contribution in [1.82, 2.24) is 10.5 Å². The zero-order valence-electron chi connectivity index (χ0n) is 9.41. The normalized spacial score (nSPS) is 26.7. The number of rotatable bonds is 4. The molecule has 1 N–H and O–H groups in total. The predicted octanol–water partition coefficient (Wildman–Crippen LogP) is 2.73. The molecule has 0 bridgehead atoms. The maximum absolute atomic E-state index is 5.08. The van der Waals surface area contributed by atoms with Crippen molar-refractivity contribution in [3.63, 3.8) is 0 Å². The minimum atomic E-state index is 0.675. The van der Waals surface area contributed by atoms with Crippen LogP contribution in [0.2, 0.25) is 0 Å². The molecule has 1 aromatic heterocycles. The van der Waals surface area contributed by atoms with Crippen LogP contribution >= 0.6 is 0 Å². The van der Waals surface area contributed by atoms with Gasteiger partial charge in [0.15, 0.2) is 0 Å². The molecule has 0 saturated heterocycles. The number of nitrogens with one attached hydrogen (secondary N) is 1. The van der Waals surface area contributed by atoms with E-state index in [2.05, 4.69) is 17.4 Å². The van der Waals surface area contributed by atoms with Crippen molar-refractivity contribution in [3.05, 3.63) is 18.0 Å². The molecule has 1 fully saturated rings. The predicted molar refractivity (Wildman–Crippen MR) is 59.4 cm³/mol. The van der Waals surface area contributed by atoms with Crippen LogP contribution in [0.3, 0.4) is 0 Å². The second-order valence-electron chi connectivity index (χ2n) is 4.42. The Morgan fingerprint density at radius 3 is 3.07 bits per heavy atom. The molecule has 0 aliphatic heterocycles. The van der Waals surface area contributed by atoms with Crippen LogP contribution in [0.25, 0.3) is 0 Å². The second kappa shape index (κ2) is 5.31. The van der Waals surface area contributed by atoms with Crippen molar-refractivity contribution in [1.29, 1.82) is 0 Å². The fourth-order valence-corrected chi connectivity index (χ4v) is 2.53. The third-order valence-electron chi connectivity index (χ3n) is 3.46. The Morgan fingerprint density at radius 2 is 2.33 bits per heavy atom. The highest BCUT2D eigenvalue weighted by molar-refractivity contribution is 4.93. The highest BCUT2D eigenvalue weighted by atomic mass is 16.5. The average Bonchev–Trinajstić information content (AvgIpc) is 2.79. The van der Waals surface area contributed by atoms with Gasteiger partial charge in [0.25, 0.3) is 0 Å². The van der Waals surface area contributed by atoms with Crippen LogP contribution in [0.1, 0.15) is 44.8 Å². The zero-order chi connectivity index (χ0) is 10.5. The standard InChI is InChI=1S/C12H20N2O/c1-2-10-5-3-4-6-12(10)13-9-11-7-8-14-15-11/h7-8,10,12-13H,2-6,9H2,1H3. The number of nitrogens with zero attached hydrogens (tertiary/aromatic N) is 1. The monoisotopic (exact) mass is 208 g/mol. The molecule has 2 rings (SSSR count). The Balaban J connectivity index is 1.81. The van der Waals surface area contributed by atoms with Crippen LogP contribution in [0.4, 0.5) is 0 Å². The average molecular weight is 208 g/mol. The van der Waals surface area contributed by atoms with E-state index >= 15 is 0 Å². The molecule has 84 valence electrons. The molecule has 1 aromatic rings. The van der Waals surface area contributed by atoms with E-state index in [1.54, 1.807) is 6.20 Å². The molecule has 1 saturated carbocycles. The Bertz CT molecular complexity index is 271. The molecular formula is C12H20N2O. The molecule has 1 heterocycles. The van der Waals surface area contributed by atoms with Crippen LogP contribution in [0.5, 0.6) is 0 Å². The lowest BCUT2D eigenvalue weighted by Crippen LogP contribution is -2.37. The number of hydrogen-bond acceptors (Lipinski definition) is 3. The lowest BCUT2D eigenvalue weighted by atomic mass is 9.83. The second-order valence-corrected chi connectivity index (χ2v) is 4.42. The van der Waals surface area contributed by atoms with Crippen molar-refractivity contribution in [3.8, 4) is 0 Å². The first-order valence-electron chi connectivity index (χ1n) is 6.03. The van der Waals surface area contributed by atoms with E-state index in [-0.39, 0.29) is 0 Å². The zero-order valence-corrected chi connectivity index (χ0v) is 9.41. The first-order chi connectivity index (χ1) is 7.40. The molecule has 0 spiro atoms. The minimum absolute atomic E-state index is 0.675. The Hall–Kier alpha value is -0.830. The van der Waals surface area contributed by atoms with E-state index in [0.29, 0.717) is 6.04 Å². The van der Waals surface area contributed by atoms with Crippen LogP contribution in [0.15, 0.2) is 16.8 Å². The molecule has 15 heavy (non-hydrogen) atoms. The molecule has 1 aliphatic rings. The molecule has 2 atom stereocenters. The van der Waals surface area contributed by atoms with Gasteiger partial charge in [-0.1, -0.05) is 31.3 Å². The summed E-state index contributed by atoms with van der Waals surface area (Å²) in [6.45, 7) is 3.11. The molecule has 0 radical (unpaired) electrons. The van der Waals surface area contributed by atoms with Gasteiger partial charge >= 0.3 is 0 Å². The van der Waals surface area contributed by atoms with Crippen molar-refractivity contribution in [2.75, 3.05) is 0 Å². The Morgan fingerprint density at radius 1 is 1.47 bits per heavy atom. The number of hydrogen-bond donors (Lipinski definition) is 1. The summed E-state index contributed by atoms with van der Waals surface area (Å²) in [4.78, 5) is 0. The minimum Gasteiger partial charge on any atom is -0.360 e. The Labute approximate surface area is 91.2 Å². The SMILES string of the molecule is CCC1CCCCC1NCc1ccno1. The fourth-order valence-electron chi connectivity index (χ4n) is 2.53.